The van der Waals surface area contributed by atoms with Crippen LogP contribution in [-0.2, 0) is 6.42 Å². The van der Waals surface area contributed by atoms with E-state index in [9.17, 15) is 0 Å². The highest BCUT2D eigenvalue weighted by Crippen LogP contribution is 2.35. The van der Waals surface area contributed by atoms with Crippen molar-refractivity contribution in [2.24, 2.45) is 0 Å². The summed E-state index contributed by atoms with van der Waals surface area (Å²) < 4.78 is 6.47. The van der Waals surface area contributed by atoms with Crippen molar-refractivity contribution in [3.05, 3.63) is 63.1 Å². The van der Waals surface area contributed by atoms with E-state index in [0.29, 0.717) is 0 Å². The summed E-state index contributed by atoms with van der Waals surface area (Å²) in [5.41, 5.74) is 2.32. The Morgan fingerprint density at radius 1 is 1.16 bits per heavy atom. The molecule has 0 heterocycles. The molecular formula is C15H13Br2ClO. The summed E-state index contributed by atoms with van der Waals surface area (Å²) in [6.07, 6.45) is 0.879. The molecule has 0 bridgehead atoms. The Bertz CT molecular complexity index is 555. The first-order valence-corrected chi connectivity index (χ1v) is 7.91. The van der Waals surface area contributed by atoms with Gasteiger partial charge in [-0.05, 0) is 42.3 Å². The van der Waals surface area contributed by atoms with Gasteiger partial charge in [-0.15, -0.1) is 0 Å². The van der Waals surface area contributed by atoms with E-state index < -0.39 is 0 Å². The zero-order valence-corrected chi connectivity index (χ0v) is 14.3. The molecule has 0 N–H and O–H groups in total. The van der Waals surface area contributed by atoms with Crippen LogP contribution in [0.2, 0.25) is 5.02 Å². The van der Waals surface area contributed by atoms with Crippen molar-refractivity contribution in [2.45, 2.75) is 11.2 Å². The van der Waals surface area contributed by atoms with Crippen LogP contribution in [0, 0.1) is 0 Å². The molecule has 1 unspecified atom stereocenters. The molecule has 0 aliphatic rings. The quantitative estimate of drug-likeness (QED) is 0.586. The first kappa shape index (κ1) is 14.9. The molecule has 100 valence electrons. The first-order valence-electron chi connectivity index (χ1n) is 5.82. The van der Waals surface area contributed by atoms with Gasteiger partial charge in [0.25, 0.3) is 0 Å². The zero-order chi connectivity index (χ0) is 13.8. The van der Waals surface area contributed by atoms with Gasteiger partial charge in [0.1, 0.15) is 5.75 Å². The van der Waals surface area contributed by atoms with Crippen LogP contribution in [0.3, 0.4) is 0 Å². The highest BCUT2D eigenvalue weighted by molar-refractivity contribution is 9.10. The summed E-state index contributed by atoms with van der Waals surface area (Å²) in [6, 6.07) is 14.0. The van der Waals surface area contributed by atoms with E-state index in [2.05, 4.69) is 44.0 Å². The number of hydrogen-bond donors (Lipinski definition) is 0. The van der Waals surface area contributed by atoms with Crippen molar-refractivity contribution in [3.8, 4) is 5.75 Å². The van der Waals surface area contributed by atoms with Crippen molar-refractivity contribution in [1.82, 2.24) is 0 Å². The summed E-state index contributed by atoms with van der Waals surface area (Å²) in [7, 11) is 1.67. The summed E-state index contributed by atoms with van der Waals surface area (Å²) in [5, 5.41) is 0.719. The predicted molar refractivity (Wildman–Crippen MR) is 87.5 cm³/mol. The lowest BCUT2D eigenvalue weighted by Crippen LogP contribution is -1.99. The molecule has 19 heavy (non-hydrogen) atoms. The molecule has 0 fully saturated rings. The number of ether oxygens (including phenoxy) is 1. The molecule has 2 aromatic carbocycles. The maximum Gasteiger partial charge on any atom is 0.123 e. The Morgan fingerprint density at radius 2 is 1.84 bits per heavy atom. The minimum absolute atomic E-state index is 0.169. The molecule has 0 aromatic heterocycles. The molecule has 2 aromatic rings. The van der Waals surface area contributed by atoms with Crippen LogP contribution in [0.1, 0.15) is 16.0 Å². The van der Waals surface area contributed by atoms with Crippen LogP contribution >= 0.6 is 43.5 Å². The zero-order valence-electron chi connectivity index (χ0n) is 10.4. The fourth-order valence-corrected chi connectivity index (χ4v) is 3.06. The fourth-order valence-electron chi connectivity index (χ4n) is 1.89. The maximum atomic E-state index is 6.06. The number of hydrogen-bond acceptors (Lipinski definition) is 1. The number of halogens is 3. The lowest BCUT2D eigenvalue weighted by molar-refractivity contribution is 0.409. The van der Waals surface area contributed by atoms with Gasteiger partial charge in [-0.2, -0.15) is 0 Å². The summed E-state index contributed by atoms with van der Waals surface area (Å²) in [5.74, 6) is 0.850. The Hall–Kier alpha value is -0.510. The van der Waals surface area contributed by atoms with Gasteiger partial charge in [-0.1, -0.05) is 55.6 Å². The predicted octanol–water partition coefficient (Wildman–Crippen LogP) is 5.79. The van der Waals surface area contributed by atoms with Crippen molar-refractivity contribution in [1.29, 1.82) is 0 Å². The standard InChI is InChI=1S/C15H13Br2ClO/c1-19-15-7-6-12(18)9-13(15)14(17)8-10-2-4-11(16)5-3-10/h2-7,9,14H,8H2,1H3. The Balaban J connectivity index is 2.21. The fraction of sp³-hybridized carbons (Fsp3) is 0.200. The lowest BCUT2D eigenvalue weighted by Gasteiger charge is -2.15. The van der Waals surface area contributed by atoms with Crippen molar-refractivity contribution in [2.75, 3.05) is 7.11 Å². The normalized spacial score (nSPS) is 12.2. The second kappa shape index (κ2) is 6.78. The molecule has 0 spiro atoms. The molecule has 0 aliphatic heterocycles. The van der Waals surface area contributed by atoms with Gasteiger partial charge in [0.05, 0.1) is 7.11 Å². The maximum absolute atomic E-state index is 6.06. The van der Waals surface area contributed by atoms with Crippen molar-refractivity contribution < 1.29 is 4.74 Å². The molecule has 4 heteroatoms. The molecule has 0 radical (unpaired) electrons. The van der Waals surface area contributed by atoms with E-state index in [0.717, 1.165) is 27.2 Å². The van der Waals surface area contributed by atoms with Crippen LogP contribution in [0.25, 0.3) is 0 Å². The lowest BCUT2D eigenvalue weighted by atomic mass is 10.0. The van der Waals surface area contributed by atoms with E-state index in [1.807, 2.05) is 30.3 Å². The minimum atomic E-state index is 0.169. The van der Waals surface area contributed by atoms with Crippen LogP contribution in [-0.4, -0.2) is 7.11 Å². The molecule has 1 nitrogen and oxygen atoms in total. The third-order valence-corrected chi connectivity index (χ3v) is 4.44. The third-order valence-electron chi connectivity index (χ3n) is 2.86. The first-order chi connectivity index (χ1) is 9.10. The average molecular weight is 405 g/mol. The Kier molecular flexibility index (Phi) is 5.31. The molecule has 0 amide bonds. The van der Waals surface area contributed by atoms with Gasteiger partial charge in [-0.25, -0.2) is 0 Å². The van der Waals surface area contributed by atoms with E-state index in [1.165, 1.54) is 5.56 Å². The van der Waals surface area contributed by atoms with Crippen LogP contribution in [0.15, 0.2) is 46.9 Å². The van der Waals surface area contributed by atoms with Gasteiger partial charge in [-0.3, -0.25) is 0 Å². The van der Waals surface area contributed by atoms with Gasteiger partial charge in [0.15, 0.2) is 0 Å². The van der Waals surface area contributed by atoms with Crippen molar-refractivity contribution >= 4 is 43.5 Å². The molecule has 0 saturated carbocycles. The SMILES string of the molecule is COc1ccc(Cl)cc1C(Br)Cc1ccc(Br)cc1. The number of methoxy groups -OCH3 is 1. The second-order valence-electron chi connectivity index (χ2n) is 4.18. The highest BCUT2D eigenvalue weighted by Gasteiger charge is 2.14. The number of benzene rings is 2. The topological polar surface area (TPSA) is 9.23 Å². The molecule has 1 atom stereocenters. The summed E-state index contributed by atoms with van der Waals surface area (Å²) in [4.78, 5) is 0.169. The van der Waals surface area contributed by atoms with E-state index in [1.54, 1.807) is 7.11 Å². The molecule has 0 aliphatic carbocycles. The molecular weight excluding hydrogens is 391 g/mol. The monoisotopic (exact) mass is 402 g/mol. The highest BCUT2D eigenvalue weighted by atomic mass is 79.9. The smallest absolute Gasteiger partial charge is 0.123 e. The van der Waals surface area contributed by atoms with E-state index in [4.69, 9.17) is 16.3 Å². The van der Waals surface area contributed by atoms with Gasteiger partial charge >= 0.3 is 0 Å². The minimum Gasteiger partial charge on any atom is -0.496 e. The van der Waals surface area contributed by atoms with E-state index >= 15 is 0 Å². The average Bonchev–Trinajstić information content (AvgIpc) is 2.41. The third kappa shape index (κ3) is 3.98. The number of rotatable bonds is 4. The van der Waals surface area contributed by atoms with Gasteiger partial charge < -0.3 is 4.74 Å². The van der Waals surface area contributed by atoms with Crippen molar-refractivity contribution in [3.63, 3.8) is 0 Å². The largest absolute Gasteiger partial charge is 0.496 e. The van der Waals surface area contributed by atoms with Gasteiger partial charge in [0, 0.05) is 19.9 Å². The molecule has 2 rings (SSSR count). The summed E-state index contributed by atoms with van der Waals surface area (Å²) in [6.45, 7) is 0. The Morgan fingerprint density at radius 3 is 2.47 bits per heavy atom. The second-order valence-corrected chi connectivity index (χ2v) is 6.64. The van der Waals surface area contributed by atoms with Crippen LogP contribution in [0.4, 0.5) is 0 Å². The van der Waals surface area contributed by atoms with E-state index in [-0.39, 0.29) is 4.83 Å². The van der Waals surface area contributed by atoms with Crippen LogP contribution in [0.5, 0.6) is 5.75 Å². The summed E-state index contributed by atoms with van der Waals surface area (Å²) >= 11 is 13.2. The van der Waals surface area contributed by atoms with Crippen LogP contribution < -0.4 is 4.74 Å². The van der Waals surface area contributed by atoms with Gasteiger partial charge in [0.2, 0.25) is 0 Å². The number of alkyl halides is 1. The molecule has 0 saturated heterocycles. The Labute approximate surface area is 135 Å².